The number of ether oxygens (including phenoxy) is 2. The van der Waals surface area contributed by atoms with Crippen LogP contribution in [0.3, 0.4) is 0 Å². The first-order chi connectivity index (χ1) is 11.3. The van der Waals surface area contributed by atoms with Crippen LogP contribution >= 0.6 is 0 Å². The maximum atomic E-state index is 5.88. The molecule has 5 nitrogen and oxygen atoms in total. The van der Waals surface area contributed by atoms with Crippen LogP contribution in [0.1, 0.15) is 41.5 Å². The molecule has 0 bridgehead atoms. The summed E-state index contributed by atoms with van der Waals surface area (Å²) in [4.78, 5) is 6.81. The van der Waals surface area contributed by atoms with Crippen LogP contribution in [0.2, 0.25) is 0 Å². The first-order valence-corrected chi connectivity index (χ1v) is 8.17. The number of fused-ring (bicyclic) bond motifs is 1. The maximum Gasteiger partial charge on any atom is 0.208 e. The summed E-state index contributed by atoms with van der Waals surface area (Å²) in [5, 5.41) is 0. The quantitative estimate of drug-likeness (QED) is 0.848. The molecule has 1 aromatic carbocycles. The summed E-state index contributed by atoms with van der Waals surface area (Å²) in [7, 11) is 3.36. The second-order valence-corrected chi connectivity index (χ2v) is 6.37. The molecule has 0 spiro atoms. The topological polar surface area (TPSA) is 47.7 Å². The van der Waals surface area contributed by atoms with Gasteiger partial charge >= 0.3 is 0 Å². The smallest absolute Gasteiger partial charge is 0.208 e. The van der Waals surface area contributed by atoms with Crippen LogP contribution in [0, 0.1) is 0 Å². The number of oxazole rings is 1. The zero-order valence-corrected chi connectivity index (χ0v) is 13.7. The van der Waals surface area contributed by atoms with Crippen LogP contribution in [-0.4, -0.2) is 30.6 Å². The third-order valence-electron chi connectivity index (χ3n) is 4.71. The van der Waals surface area contributed by atoms with Crippen molar-refractivity contribution in [3.05, 3.63) is 41.1 Å². The minimum atomic E-state index is 0.620. The van der Waals surface area contributed by atoms with Gasteiger partial charge in [-0.25, -0.2) is 4.98 Å². The van der Waals surface area contributed by atoms with E-state index in [1.165, 1.54) is 24.0 Å². The van der Waals surface area contributed by atoms with Gasteiger partial charge in [0.05, 0.1) is 27.0 Å². The van der Waals surface area contributed by atoms with Gasteiger partial charge < -0.3 is 13.9 Å². The van der Waals surface area contributed by atoms with E-state index in [2.05, 4.69) is 22.0 Å². The molecule has 23 heavy (non-hydrogen) atoms. The fraction of sp³-hybridized carbons (Fsp3) is 0.500. The van der Waals surface area contributed by atoms with E-state index in [4.69, 9.17) is 13.9 Å². The zero-order valence-electron chi connectivity index (χ0n) is 13.7. The summed E-state index contributed by atoms with van der Waals surface area (Å²) in [5.74, 6) is 4.11. The molecule has 2 aromatic rings. The molecule has 0 N–H and O–H groups in total. The molecule has 2 aliphatic rings. The Hall–Kier alpha value is -2.01. The van der Waals surface area contributed by atoms with E-state index in [0.717, 1.165) is 49.2 Å². The first-order valence-electron chi connectivity index (χ1n) is 8.17. The molecule has 1 aliphatic heterocycles. The molecular weight excluding hydrogens is 292 g/mol. The summed E-state index contributed by atoms with van der Waals surface area (Å²) in [6.45, 7) is 2.65. The number of benzene rings is 1. The molecule has 0 atom stereocenters. The Balaban J connectivity index is 1.48. The fourth-order valence-electron chi connectivity index (χ4n) is 3.22. The van der Waals surface area contributed by atoms with E-state index in [-0.39, 0.29) is 0 Å². The molecular formula is C18H22N2O3. The van der Waals surface area contributed by atoms with Gasteiger partial charge in [-0.2, -0.15) is 0 Å². The third kappa shape index (κ3) is 2.93. The highest BCUT2D eigenvalue weighted by Gasteiger charge is 2.28. The maximum absolute atomic E-state index is 5.88. The lowest BCUT2D eigenvalue weighted by atomic mass is 9.99. The molecule has 1 fully saturated rings. The summed E-state index contributed by atoms with van der Waals surface area (Å²) in [5.41, 5.74) is 2.63. The van der Waals surface area contributed by atoms with Crippen LogP contribution in [-0.2, 0) is 19.5 Å². The van der Waals surface area contributed by atoms with Crippen molar-refractivity contribution in [2.24, 2.45) is 0 Å². The number of aromatic nitrogens is 1. The van der Waals surface area contributed by atoms with E-state index in [0.29, 0.717) is 5.92 Å². The number of hydrogen-bond donors (Lipinski definition) is 0. The Morgan fingerprint density at radius 2 is 1.91 bits per heavy atom. The van der Waals surface area contributed by atoms with Gasteiger partial charge in [-0.1, -0.05) is 0 Å². The highest BCUT2D eigenvalue weighted by Crippen LogP contribution is 2.40. The average molecular weight is 314 g/mol. The Kier molecular flexibility index (Phi) is 3.73. The monoisotopic (exact) mass is 314 g/mol. The van der Waals surface area contributed by atoms with Crippen molar-refractivity contribution >= 4 is 0 Å². The van der Waals surface area contributed by atoms with Gasteiger partial charge in [0.15, 0.2) is 11.5 Å². The molecule has 122 valence electrons. The van der Waals surface area contributed by atoms with Crippen molar-refractivity contribution in [2.75, 3.05) is 20.8 Å². The van der Waals surface area contributed by atoms with Crippen molar-refractivity contribution < 1.29 is 13.9 Å². The molecule has 4 rings (SSSR count). The number of hydrogen-bond acceptors (Lipinski definition) is 5. The summed E-state index contributed by atoms with van der Waals surface area (Å²) < 4.78 is 16.7. The summed E-state index contributed by atoms with van der Waals surface area (Å²) in [6.07, 6.45) is 5.39. The minimum absolute atomic E-state index is 0.620. The molecule has 0 saturated heterocycles. The second-order valence-electron chi connectivity index (χ2n) is 6.37. The van der Waals surface area contributed by atoms with Gasteiger partial charge in [-0.3, -0.25) is 4.90 Å². The summed E-state index contributed by atoms with van der Waals surface area (Å²) >= 11 is 0. The van der Waals surface area contributed by atoms with Gasteiger partial charge in [-0.05, 0) is 42.5 Å². The largest absolute Gasteiger partial charge is 0.493 e. The average Bonchev–Trinajstić information content (AvgIpc) is 3.33. The van der Waals surface area contributed by atoms with E-state index in [9.17, 15) is 0 Å². The predicted octanol–water partition coefficient (Wildman–Crippen LogP) is 3.13. The predicted molar refractivity (Wildman–Crippen MR) is 85.8 cm³/mol. The molecule has 0 amide bonds. The van der Waals surface area contributed by atoms with E-state index >= 15 is 0 Å². The molecule has 0 unspecified atom stereocenters. The van der Waals surface area contributed by atoms with Gasteiger partial charge in [-0.15, -0.1) is 0 Å². The molecule has 1 saturated carbocycles. The van der Waals surface area contributed by atoms with Crippen molar-refractivity contribution in [2.45, 2.75) is 38.3 Å². The second kappa shape index (κ2) is 5.89. The minimum Gasteiger partial charge on any atom is -0.493 e. The molecule has 2 heterocycles. The van der Waals surface area contributed by atoms with Crippen molar-refractivity contribution in [1.29, 1.82) is 0 Å². The molecule has 5 heteroatoms. The Morgan fingerprint density at radius 3 is 2.61 bits per heavy atom. The van der Waals surface area contributed by atoms with Crippen LogP contribution < -0.4 is 9.47 Å². The van der Waals surface area contributed by atoms with Gasteiger partial charge in [0, 0.05) is 19.0 Å². The van der Waals surface area contributed by atoms with E-state index in [1.807, 2.05) is 6.20 Å². The van der Waals surface area contributed by atoms with E-state index < -0.39 is 0 Å². The fourth-order valence-corrected chi connectivity index (χ4v) is 3.22. The Labute approximate surface area is 136 Å². The molecule has 1 aromatic heterocycles. The normalized spacial score (nSPS) is 17.8. The van der Waals surface area contributed by atoms with Gasteiger partial charge in [0.2, 0.25) is 5.89 Å². The number of nitrogens with zero attached hydrogens (tertiary/aromatic N) is 2. The first kappa shape index (κ1) is 14.6. The van der Waals surface area contributed by atoms with Gasteiger partial charge in [0.25, 0.3) is 0 Å². The van der Waals surface area contributed by atoms with E-state index in [1.54, 1.807) is 14.2 Å². The Morgan fingerprint density at radius 1 is 1.17 bits per heavy atom. The lowest BCUT2D eigenvalue weighted by molar-refractivity contribution is 0.218. The van der Waals surface area contributed by atoms with Crippen LogP contribution in [0.5, 0.6) is 11.5 Å². The van der Waals surface area contributed by atoms with Crippen LogP contribution in [0.25, 0.3) is 0 Å². The van der Waals surface area contributed by atoms with Crippen molar-refractivity contribution in [3.63, 3.8) is 0 Å². The number of rotatable bonds is 5. The lowest BCUT2D eigenvalue weighted by Gasteiger charge is -2.28. The zero-order chi connectivity index (χ0) is 15.8. The highest BCUT2D eigenvalue weighted by molar-refractivity contribution is 5.48. The van der Waals surface area contributed by atoms with Gasteiger partial charge in [0.1, 0.15) is 5.76 Å². The summed E-state index contributed by atoms with van der Waals surface area (Å²) in [6, 6.07) is 4.19. The third-order valence-corrected chi connectivity index (χ3v) is 4.71. The number of methoxy groups -OCH3 is 2. The van der Waals surface area contributed by atoms with Crippen LogP contribution in [0.4, 0.5) is 0 Å². The van der Waals surface area contributed by atoms with Crippen LogP contribution in [0.15, 0.2) is 22.7 Å². The molecule has 1 aliphatic carbocycles. The SMILES string of the molecule is COc1cc2c(cc1OC)CN(Cc1ncc(C3CC3)o1)CC2. The standard InChI is InChI=1S/C18H22N2O3/c1-21-15-7-13-5-6-20(10-14(13)8-16(15)22-2)11-18-19-9-17(23-18)12-3-4-12/h7-9,12H,3-6,10-11H2,1-2H3. The highest BCUT2D eigenvalue weighted by atomic mass is 16.5. The van der Waals surface area contributed by atoms with Crippen molar-refractivity contribution in [3.8, 4) is 11.5 Å². The Bertz CT molecular complexity index is 706. The lowest BCUT2D eigenvalue weighted by Crippen LogP contribution is -2.30. The van der Waals surface area contributed by atoms with Crippen molar-refractivity contribution in [1.82, 2.24) is 9.88 Å². The molecule has 0 radical (unpaired) electrons.